The minimum absolute atomic E-state index is 0.0407. The lowest BCUT2D eigenvalue weighted by molar-refractivity contribution is 0.176. The maximum absolute atomic E-state index is 11.8. The molecule has 1 heterocycles. The molecule has 1 aliphatic rings. The average molecular weight is 269 g/mol. The van der Waals surface area contributed by atoms with E-state index in [0.29, 0.717) is 0 Å². The van der Waals surface area contributed by atoms with Gasteiger partial charge in [-0.1, -0.05) is 6.92 Å². The fourth-order valence-electron chi connectivity index (χ4n) is 2.07. The van der Waals surface area contributed by atoms with Gasteiger partial charge >= 0.3 is 0 Å². The van der Waals surface area contributed by atoms with Crippen molar-refractivity contribution >= 4 is 21.6 Å². The molecule has 1 rings (SSSR count). The van der Waals surface area contributed by atoms with Crippen molar-refractivity contribution in [3.05, 3.63) is 0 Å². The molecule has 0 bridgehead atoms. The molecule has 1 aliphatic heterocycles. The summed E-state index contributed by atoms with van der Waals surface area (Å²) >= 11 is 5.50. The maximum atomic E-state index is 11.8. The molecule has 16 heavy (non-hydrogen) atoms. The third kappa shape index (κ3) is 3.58. The number of likely N-dealkylation sites (tertiary alicyclic amines) is 1. The first-order valence-electron chi connectivity index (χ1n) is 5.75. The smallest absolute Gasteiger partial charge is 0.215 e. The van der Waals surface area contributed by atoms with Crippen LogP contribution in [0.4, 0.5) is 0 Å². The van der Waals surface area contributed by atoms with Gasteiger partial charge in [-0.3, -0.25) is 0 Å². The van der Waals surface area contributed by atoms with Gasteiger partial charge in [-0.15, -0.1) is 11.6 Å². The molecule has 0 unspecified atom stereocenters. The van der Waals surface area contributed by atoms with E-state index in [9.17, 15) is 8.42 Å². The number of piperidine rings is 1. The Morgan fingerprint density at radius 2 is 1.94 bits per heavy atom. The fraction of sp³-hybridized carbons (Fsp3) is 1.00. The number of rotatable bonds is 5. The molecular formula is C10H21ClN2O2S. The van der Waals surface area contributed by atoms with Crippen molar-refractivity contribution in [2.75, 3.05) is 38.3 Å². The van der Waals surface area contributed by atoms with E-state index >= 15 is 0 Å². The zero-order chi connectivity index (χ0) is 12.2. The Bertz CT molecular complexity index is 300. The molecule has 0 spiro atoms. The summed E-state index contributed by atoms with van der Waals surface area (Å²) in [5, 5.41) is 0. The number of nitrogens with zero attached hydrogens (tertiary/aromatic N) is 2. The van der Waals surface area contributed by atoms with E-state index in [1.165, 1.54) is 4.31 Å². The first-order chi connectivity index (χ1) is 7.51. The van der Waals surface area contributed by atoms with Gasteiger partial charge in [0.15, 0.2) is 0 Å². The summed E-state index contributed by atoms with van der Waals surface area (Å²) in [6, 6.07) is 0.149. The molecule has 0 aliphatic carbocycles. The largest absolute Gasteiger partial charge is 0.303 e. The normalized spacial score (nSPS) is 20.5. The summed E-state index contributed by atoms with van der Waals surface area (Å²) in [4.78, 5) is 2.35. The third-order valence-corrected chi connectivity index (χ3v) is 5.60. The van der Waals surface area contributed by atoms with Crippen molar-refractivity contribution in [1.29, 1.82) is 0 Å². The highest BCUT2D eigenvalue weighted by Crippen LogP contribution is 2.18. The summed E-state index contributed by atoms with van der Waals surface area (Å²) in [6.07, 6.45) is 1.84. The predicted octanol–water partition coefficient (Wildman–Crippen LogP) is 0.971. The zero-order valence-corrected chi connectivity index (χ0v) is 11.6. The Kier molecular flexibility index (Phi) is 5.50. The van der Waals surface area contributed by atoms with Crippen molar-refractivity contribution in [3.63, 3.8) is 0 Å². The summed E-state index contributed by atoms with van der Waals surface area (Å²) in [5.41, 5.74) is 0. The van der Waals surface area contributed by atoms with Crippen LogP contribution in [-0.2, 0) is 10.0 Å². The van der Waals surface area contributed by atoms with Crippen molar-refractivity contribution in [2.45, 2.75) is 25.8 Å². The molecule has 4 nitrogen and oxygen atoms in total. The molecule has 0 aromatic carbocycles. The molecule has 1 fully saturated rings. The van der Waals surface area contributed by atoms with Crippen LogP contribution in [0.15, 0.2) is 0 Å². The molecule has 0 aromatic heterocycles. The Morgan fingerprint density at radius 3 is 2.38 bits per heavy atom. The zero-order valence-electron chi connectivity index (χ0n) is 10.0. The summed E-state index contributed by atoms with van der Waals surface area (Å²) < 4.78 is 25.1. The van der Waals surface area contributed by atoms with Crippen LogP contribution in [-0.4, -0.2) is 62.0 Å². The highest BCUT2D eigenvalue weighted by atomic mass is 35.5. The van der Waals surface area contributed by atoms with Crippen LogP contribution in [0, 0.1) is 0 Å². The van der Waals surface area contributed by atoms with Gasteiger partial charge in [0.25, 0.3) is 0 Å². The third-order valence-electron chi connectivity index (χ3n) is 3.29. The number of halogens is 1. The van der Waals surface area contributed by atoms with Gasteiger partial charge in [0.2, 0.25) is 10.0 Å². The lowest BCUT2D eigenvalue weighted by atomic mass is 10.1. The van der Waals surface area contributed by atoms with Crippen LogP contribution in [0.5, 0.6) is 0 Å². The van der Waals surface area contributed by atoms with Crippen LogP contribution in [0.25, 0.3) is 0 Å². The number of hydrogen-bond acceptors (Lipinski definition) is 3. The lowest BCUT2D eigenvalue weighted by Crippen LogP contribution is -2.46. The molecular weight excluding hydrogens is 248 g/mol. The molecule has 96 valence electrons. The van der Waals surface area contributed by atoms with Crippen LogP contribution < -0.4 is 0 Å². The van der Waals surface area contributed by atoms with E-state index < -0.39 is 10.0 Å². The number of hydrogen-bond donors (Lipinski definition) is 0. The van der Waals surface area contributed by atoms with Gasteiger partial charge in [-0.2, -0.15) is 0 Å². The molecule has 1 saturated heterocycles. The standard InChI is InChI=1S/C10H21ClN2O2S/c1-3-13-7-4-10(5-8-13)12(2)16(14,15)9-6-11/h10H,3-9H2,1-2H3. The molecule has 0 aromatic rings. The van der Waals surface area contributed by atoms with Crippen LogP contribution in [0.1, 0.15) is 19.8 Å². The van der Waals surface area contributed by atoms with Gasteiger partial charge in [-0.25, -0.2) is 12.7 Å². The summed E-state index contributed by atoms with van der Waals surface area (Å²) in [5.74, 6) is 0.208. The highest BCUT2D eigenvalue weighted by molar-refractivity contribution is 7.89. The maximum Gasteiger partial charge on any atom is 0.215 e. The van der Waals surface area contributed by atoms with E-state index in [1.54, 1.807) is 7.05 Å². The SMILES string of the molecule is CCN1CCC(N(C)S(=O)(=O)CCCl)CC1. The Hall–Kier alpha value is 0.160. The van der Waals surface area contributed by atoms with Crippen LogP contribution >= 0.6 is 11.6 Å². The Morgan fingerprint density at radius 1 is 1.38 bits per heavy atom. The van der Waals surface area contributed by atoms with Crippen molar-refractivity contribution in [3.8, 4) is 0 Å². The lowest BCUT2D eigenvalue weighted by Gasteiger charge is -2.35. The molecule has 0 amide bonds. The first kappa shape index (κ1) is 14.2. The van der Waals surface area contributed by atoms with E-state index in [0.717, 1.165) is 32.5 Å². The van der Waals surface area contributed by atoms with Gasteiger partial charge < -0.3 is 4.90 Å². The second-order valence-corrected chi connectivity index (χ2v) is 6.71. The minimum atomic E-state index is -3.15. The second-order valence-electron chi connectivity index (χ2n) is 4.19. The summed E-state index contributed by atoms with van der Waals surface area (Å²) in [6.45, 7) is 5.16. The quantitative estimate of drug-likeness (QED) is 0.698. The molecule has 0 atom stereocenters. The van der Waals surface area contributed by atoms with E-state index in [2.05, 4.69) is 11.8 Å². The number of sulfonamides is 1. The molecule has 0 saturated carbocycles. The van der Waals surface area contributed by atoms with Crippen molar-refractivity contribution in [2.24, 2.45) is 0 Å². The highest BCUT2D eigenvalue weighted by Gasteiger charge is 2.28. The summed E-state index contributed by atoms with van der Waals surface area (Å²) in [7, 11) is -1.48. The minimum Gasteiger partial charge on any atom is -0.303 e. The molecule has 6 heteroatoms. The fourth-order valence-corrected chi connectivity index (χ4v) is 3.80. The average Bonchev–Trinajstić information content (AvgIpc) is 2.28. The van der Waals surface area contributed by atoms with E-state index in [-0.39, 0.29) is 17.7 Å². The van der Waals surface area contributed by atoms with Gasteiger partial charge in [0.05, 0.1) is 5.75 Å². The number of alkyl halides is 1. The topological polar surface area (TPSA) is 40.6 Å². The first-order valence-corrected chi connectivity index (χ1v) is 7.89. The monoisotopic (exact) mass is 268 g/mol. The van der Waals surface area contributed by atoms with Crippen molar-refractivity contribution in [1.82, 2.24) is 9.21 Å². The van der Waals surface area contributed by atoms with E-state index in [1.807, 2.05) is 0 Å². The van der Waals surface area contributed by atoms with Crippen LogP contribution in [0.2, 0.25) is 0 Å². The molecule has 0 radical (unpaired) electrons. The van der Waals surface area contributed by atoms with E-state index in [4.69, 9.17) is 11.6 Å². The van der Waals surface area contributed by atoms with Gasteiger partial charge in [-0.05, 0) is 32.5 Å². The predicted molar refractivity (Wildman–Crippen MR) is 67.4 cm³/mol. The second kappa shape index (κ2) is 6.19. The van der Waals surface area contributed by atoms with Crippen LogP contribution in [0.3, 0.4) is 0 Å². The van der Waals surface area contributed by atoms with Gasteiger partial charge in [0.1, 0.15) is 0 Å². The Labute approximate surface area is 104 Å². The molecule has 0 N–H and O–H groups in total. The van der Waals surface area contributed by atoms with Gasteiger partial charge in [0, 0.05) is 19.0 Å². The Balaban J connectivity index is 2.53. The van der Waals surface area contributed by atoms with Crippen molar-refractivity contribution < 1.29 is 8.42 Å².